The van der Waals surface area contributed by atoms with E-state index in [9.17, 15) is 4.79 Å². The summed E-state index contributed by atoms with van der Waals surface area (Å²) in [5.74, 6) is 0.362. The minimum atomic E-state index is 0.157. The Morgan fingerprint density at radius 1 is 1.32 bits per heavy atom. The molecule has 1 fully saturated rings. The van der Waals surface area contributed by atoms with E-state index in [1.54, 1.807) is 0 Å². The molecule has 0 aliphatic carbocycles. The van der Waals surface area contributed by atoms with Gasteiger partial charge in [-0.1, -0.05) is 44.5 Å². The molecule has 2 N–H and O–H groups in total. The molecule has 2 rings (SSSR count). The van der Waals surface area contributed by atoms with E-state index in [-0.39, 0.29) is 11.8 Å². The van der Waals surface area contributed by atoms with Crippen molar-refractivity contribution < 1.29 is 4.79 Å². The molecule has 1 aliphatic heterocycles. The van der Waals surface area contributed by atoms with Crippen molar-refractivity contribution in [2.75, 3.05) is 19.6 Å². The van der Waals surface area contributed by atoms with Gasteiger partial charge in [0.05, 0.1) is 0 Å². The lowest BCUT2D eigenvalue weighted by Gasteiger charge is -2.27. The number of hydrogen-bond donors (Lipinski definition) is 2. The minimum absolute atomic E-state index is 0.157. The van der Waals surface area contributed by atoms with Crippen LogP contribution in [0.15, 0.2) is 24.3 Å². The fourth-order valence-electron chi connectivity index (χ4n) is 3.53. The summed E-state index contributed by atoms with van der Waals surface area (Å²) in [5, 5.41) is 6.54. The highest BCUT2D eigenvalue weighted by molar-refractivity contribution is 5.78. The Balaban J connectivity index is 1.85. The normalized spacial score (nSPS) is 20.6. The van der Waals surface area contributed by atoms with Gasteiger partial charge >= 0.3 is 0 Å². The summed E-state index contributed by atoms with van der Waals surface area (Å²) in [6, 6.07) is 9.08. The summed E-state index contributed by atoms with van der Waals surface area (Å²) in [4.78, 5) is 14.9. The van der Waals surface area contributed by atoms with Crippen LogP contribution in [0.25, 0.3) is 0 Å². The molecule has 25 heavy (non-hydrogen) atoms. The van der Waals surface area contributed by atoms with Crippen LogP contribution in [0.1, 0.15) is 57.6 Å². The van der Waals surface area contributed by atoms with Gasteiger partial charge in [-0.05, 0) is 56.9 Å². The van der Waals surface area contributed by atoms with E-state index >= 15 is 0 Å². The Kier molecular flexibility index (Phi) is 8.42. The molecule has 0 saturated carbocycles. The smallest absolute Gasteiger partial charge is 0.223 e. The fraction of sp³-hybridized carbons (Fsp3) is 0.667. The number of carbonyl (C=O) groups is 1. The van der Waals surface area contributed by atoms with Gasteiger partial charge in [0.1, 0.15) is 0 Å². The SMILES string of the molecule is CCCCN(CC)Cc1cccc(CNC(=O)[C@H]2CCN[C@@H](C)C2)c1. The number of nitrogens with zero attached hydrogens (tertiary/aromatic N) is 1. The topological polar surface area (TPSA) is 44.4 Å². The quantitative estimate of drug-likeness (QED) is 0.722. The van der Waals surface area contributed by atoms with Crippen LogP contribution in [0.3, 0.4) is 0 Å². The molecule has 4 nitrogen and oxygen atoms in total. The van der Waals surface area contributed by atoms with Crippen LogP contribution < -0.4 is 10.6 Å². The molecule has 1 aromatic rings. The molecule has 4 heteroatoms. The van der Waals surface area contributed by atoms with Crippen LogP contribution >= 0.6 is 0 Å². The number of hydrogen-bond acceptors (Lipinski definition) is 3. The number of carbonyl (C=O) groups excluding carboxylic acids is 1. The van der Waals surface area contributed by atoms with Gasteiger partial charge in [-0.15, -0.1) is 0 Å². The number of piperidine rings is 1. The summed E-state index contributed by atoms with van der Waals surface area (Å²) in [6.45, 7) is 11.4. The van der Waals surface area contributed by atoms with Gasteiger partial charge in [-0.3, -0.25) is 9.69 Å². The maximum Gasteiger partial charge on any atom is 0.223 e. The Bertz CT molecular complexity index is 532. The van der Waals surface area contributed by atoms with Crippen LogP contribution in [-0.2, 0) is 17.9 Å². The molecule has 0 aromatic heterocycles. The summed E-state index contributed by atoms with van der Waals surface area (Å²) in [6.07, 6.45) is 4.37. The second-order valence-corrected chi connectivity index (χ2v) is 7.34. The van der Waals surface area contributed by atoms with Gasteiger partial charge in [0.2, 0.25) is 5.91 Å². The lowest BCUT2D eigenvalue weighted by atomic mass is 9.92. The molecule has 1 aromatic carbocycles. The van der Waals surface area contributed by atoms with E-state index in [0.717, 1.165) is 39.0 Å². The molecule has 1 amide bonds. The van der Waals surface area contributed by atoms with Gasteiger partial charge in [-0.2, -0.15) is 0 Å². The lowest BCUT2D eigenvalue weighted by Crippen LogP contribution is -2.42. The van der Waals surface area contributed by atoms with Crippen molar-refractivity contribution in [3.63, 3.8) is 0 Å². The van der Waals surface area contributed by atoms with E-state index in [4.69, 9.17) is 0 Å². The van der Waals surface area contributed by atoms with E-state index in [2.05, 4.69) is 60.6 Å². The van der Waals surface area contributed by atoms with Crippen LogP contribution in [0.2, 0.25) is 0 Å². The fourth-order valence-corrected chi connectivity index (χ4v) is 3.53. The third-order valence-electron chi connectivity index (χ3n) is 5.13. The second-order valence-electron chi connectivity index (χ2n) is 7.34. The minimum Gasteiger partial charge on any atom is -0.352 e. The van der Waals surface area contributed by atoms with Gasteiger partial charge in [0.25, 0.3) is 0 Å². The highest BCUT2D eigenvalue weighted by Crippen LogP contribution is 2.16. The van der Waals surface area contributed by atoms with E-state index in [1.165, 1.54) is 24.0 Å². The molecular weight excluding hydrogens is 310 g/mol. The van der Waals surface area contributed by atoms with Crippen molar-refractivity contribution in [1.82, 2.24) is 15.5 Å². The monoisotopic (exact) mass is 345 g/mol. The van der Waals surface area contributed by atoms with Gasteiger partial charge in [0, 0.05) is 25.0 Å². The first-order valence-electron chi connectivity index (χ1n) is 9.93. The van der Waals surface area contributed by atoms with Crippen molar-refractivity contribution in [3.8, 4) is 0 Å². The summed E-state index contributed by atoms with van der Waals surface area (Å²) >= 11 is 0. The predicted octanol–water partition coefficient (Wildman–Crippen LogP) is 3.31. The van der Waals surface area contributed by atoms with Crippen molar-refractivity contribution in [1.29, 1.82) is 0 Å². The first kappa shape index (κ1) is 19.9. The number of unbranched alkanes of at least 4 members (excludes halogenated alkanes) is 1. The molecule has 0 radical (unpaired) electrons. The Morgan fingerprint density at radius 2 is 2.12 bits per heavy atom. The van der Waals surface area contributed by atoms with Crippen LogP contribution in [0, 0.1) is 5.92 Å². The predicted molar refractivity (Wildman–Crippen MR) is 104 cm³/mol. The summed E-state index contributed by atoms with van der Waals surface area (Å²) in [7, 11) is 0. The largest absolute Gasteiger partial charge is 0.352 e. The molecule has 0 spiro atoms. The number of benzene rings is 1. The second kappa shape index (κ2) is 10.6. The highest BCUT2D eigenvalue weighted by atomic mass is 16.1. The van der Waals surface area contributed by atoms with Gasteiger partial charge in [-0.25, -0.2) is 0 Å². The summed E-state index contributed by atoms with van der Waals surface area (Å²) < 4.78 is 0. The van der Waals surface area contributed by atoms with Crippen LogP contribution in [-0.4, -0.2) is 36.5 Å². The van der Waals surface area contributed by atoms with Gasteiger partial charge in [0.15, 0.2) is 0 Å². The molecule has 1 aliphatic rings. The molecule has 140 valence electrons. The number of rotatable bonds is 9. The molecule has 2 atom stereocenters. The number of nitrogens with one attached hydrogen (secondary N) is 2. The molecule has 1 heterocycles. The van der Waals surface area contributed by atoms with Crippen molar-refractivity contribution in [3.05, 3.63) is 35.4 Å². The highest BCUT2D eigenvalue weighted by Gasteiger charge is 2.24. The van der Waals surface area contributed by atoms with E-state index in [0.29, 0.717) is 12.6 Å². The Morgan fingerprint density at radius 3 is 2.84 bits per heavy atom. The molecular formula is C21H35N3O. The third kappa shape index (κ3) is 6.79. The van der Waals surface area contributed by atoms with Crippen LogP contribution in [0.5, 0.6) is 0 Å². The average Bonchev–Trinajstić information content (AvgIpc) is 2.63. The van der Waals surface area contributed by atoms with Crippen LogP contribution in [0.4, 0.5) is 0 Å². The zero-order valence-electron chi connectivity index (χ0n) is 16.2. The molecule has 1 saturated heterocycles. The zero-order valence-corrected chi connectivity index (χ0v) is 16.2. The lowest BCUT2D eigenvalue weighted by molar-refractivity contribution is -0.126. The Labute approximate surface area is 153 Å². The maximum atomic E-state index is 12.4. The third-order valence-corrected chi connectivity index (χ3v) is 5.13. The Hall–Kier alpha value is -1.39. The zero-order chi connectivity index (χ0) is 18.1. The first-order chi connectivity index (χ1) is 12.1. The average molecular weight is 346 g/mol. The van der Waals surface area contributed by atoms with E-state index < -0.39 is 0 Å². The summed E-state index contributed by atoms with van der Waals surface area (Å²) in [5.41, 5.74) is 2.53. The van der Waals surface area contributed by atoms with Crippen molar-refractivity contribution in [2.24, 2.45) is 5.92 Å². The van der Waals surface area contributed by atoms with E-state index in [1.807, 2.05) is 0 Å². The van der Waals surface area contributed by atoms with Crippen molar-refractivity contribution >= 4 is 5.91 Å². The number of amides is 1. The van der Waals surface area contributed by atoms with Crippen molar-refractivity contribution in [2.45, 2.75) is 65.6 Å². The maximum absolute atomic E-state index is 12.4. The molecule has 0 bridgehead atoms. The first-order valence-corrected chi connectivity index (χ1v) is 9.93. The molecule has 0 unspecified atom stereocenters. The van der Waals surface area contributed by atoms with Gasteiger partial charge < -0.3 is 10.6 Å². The standard InChI is InChI=1S/C21H35N3O/c1-4-6-12-24(5-2)16-19-9-7-8-18(14-19)15-23-21(25)20-10-11-22-17(3)13-20/h7-9,14,17,20,22H,4-6,10-13,15-16H2,1-3H3,(H,23,25)/t17-,20-/m0/s1.